The number of anilines is 1. The number of aryl methyl sites for hydroxylation is 1. The Balaban J connectivity index is 2.49. The van der Waals surface area contributed by atoms with E-state index in [1.54, 1.807) is 0 Å². The van der Waals surface area contributed by atoms with E-state index in [1.807, 2.05) is 32.0 Å². The molecule has 1 atom stereocenters. The summed E-state index contributed by atoms with van der Waals surface area (Å²) in [4.78, 5) is 0. The topological polar surface area (TPSA) is 37.4 Å². The smallest absolute Gasteiger partial charge is 0.235 e. The maximum Gasteiger partial charge on any atom is 0.235 e. The van der Waals surface area contributed by atoms with E-state index in [2.05, 4.69) is 15.9 Å². The molecular weight excluding hydrogens is 290 g/mol. The third-order valence-corrected chi connectivity index (χ3v) is 5.25. The number of hydrogen-bond donors (Lipinski definition) is 0. The lowest BCUT2D eigenvalue weighted by Crippen LogP contribution is -2.26. The second-order valence-corrected chi connectivity index (χ2v) is 7.20. The van der Waals surface area contributed by atoms with Gasteiger partial charge in [-0.1, -0.05) is 28.9 Å². The van der Waals surface area contributed by atoms with Crippen LogP contribution in [0.15, 0.2) is 22.7 Å². The predicted octanol–water partition coefficient (Wildman–Crippen LogP) is 2.54. The van der Waals surface area contributed by atoms with Crippen LogP contribution in [0.4, 0.5) is 5.69 Å². The Morgan fingerprint density at radius 2 is 2.12 bits per heavy atom. The molecule has 0 radical (unpaired) electrons. The van der Waals surface area contributed by atoms with Crippen molar-refractivity contribution >= 4 is 31.6 Å². The summed E-state index contributed by atoms with van der Waals surface area (Å²) in [5, 5.41) is 0. The van der Waals surface area contributed by atoms with E-state index in [-0.39, 0.29) is 11.7 Å². The molecule has 0 bridgehead atoms. The van der Waals surface area contributed by atoms with Gasteiger partial charge in [0, 0.05) is 11.0 Å². The van der Waals surface area contributed by atoms with E-state index < -0.39 is 10.0 Å². The highest BCUT2D eigenvalue weighted by atomic mass is 79.9. The van der Waals surface area contributed by atoms with Crippen LogP contribution in [0.25, 0.3) is 0 Å². The maximum atomic E-state index is 11.9. The van der Waals surface area contributed by atoms with Gasteiger partial charge in [0.1, 0.15) is 0 Å². The fraction of sp³-hybridized carbons (Fsp3) is 0.455. The molecule has 88 valence electrons. The first-order valence-electron chi connectivity index (χ1n) is 5.17. The third kappa shape index (κ3) is 2.11. The molecule has 0 amide bonds. The summed E-state index contributed by atoms with van der Waals surface area (Å²) in [6.07, 6.45) is 0. The first kappa shape index (κ1) is 11.9. The van der Waals surface area contributed by atoms with Gasteiger partial charge in [-0.15, -0.1) is 0 Å². The zero-order chi connectivity index (χ0) is 11.9. The number of benzene rings is 1. The number of sulfonamides is 1. The van der Waals surface area contributed by atoms with Gasteiger partial charge in [-0.25, -0.2) is 8.42 Å². The van der Waals surface area contributed by atoms with Crippen LogP contribution in [0.1, 0.15) is 12.5 Å². The Labute approximate surface area is 105 Å². The van der Waals surface area contributed by atoms with Crippen LogP contribution in [0, 0.1) is 12.8 Å². The summed E-state index contributed by atoms with van der Waals surface area (Å²) >= 11 is 3.37. The minimum absolute atomic E-state index is 0.198. The highest BCUT2D eigenvalue weighted by Gasteiger charge is 2.34. The average molecular weight is 304 g/mol. The Morgan fingerprint density at radius 1 is 1.44 bits per heavy atom. The Kier molecular flexibility index (Phi) is 3.01. The van der Waals surface area contributed by atoms with Crippen molar-refractivity contribution < 1.29 is 8.42 Å². The summed E-state index contributed by atoms with van der Waals surface area (Å²) in [6.45, 7) is 4.48. The molecule has 16 heavy (non-hydrogen) atoms. The molecule has 1 unspecified atom stereocenters. The van der Waals surface area contributed by atoms with Crippen LogP contribution in [0.2, 0.25) is 0 Å². The third-order valence-electron chi connectivity index (χ3n) is 2.75. The van der Waals surface area contributed by atoms with Gasteiger partial charge in [0.05, 0.1) is 11.4 Å². The minimum atomic E-state index is -3.12. The van der Waals surface area contributed by atoms with Crippen molar-refractivity contribution in [1.29, 1.82) is 0 Å². The molecule has 1 heterocycles. The highest BCUT2D eigenvalue weighted by molar-refractivity contribution is 9.10. The summed E-state index contributed by atoms with van der Waals surface area (Å²) in [5.41, 5.74) is 1.78. The Bertz CT molecular complexity index is 513. The van der Waals surface area contributed by atoms with E-state index >= 15 is 0 Å². The van der Waals surface area contributed by atoms with Gasteiger partial charge in [0.25, 0.3) is 0 Å². The molecule has 0 N–H and O–H groups in total. The summed E-state index contributed by atoms with van der Waals surface area (Å²) in [6, 6.07) is 5.72. The standard InChI is InChI=1S/C11H14BrNO2S/c1-8-6-13(16(14,15)7-8)11-5-10(12)4-3-9(11)2/h3-5,8H,6-7H2,1-2H3. The highest BCUT2D eigenvalue weighted by Crippen LogP contribution is 2.31. The predicted molar refractivity (Wildman–Crippen MR) is 69.2 cm³/mol. The lowest BCUT2D eigenvalue weighted by atomic mass is 10.2. The molecular formula is C11H14BrNO2S. The molecule has 0 aromatic heterocycles. The summed E-state index contributed by atoms with van der Waals surface area (Å²) in [7, 11) is -3.12. The van der Waals surface area contributed by atoms with Crippen LogP contribution >= 0.6 is 15.9 Å². The fourth-order valence-electron chi connectivity index (χ4n) is 2.00. The second kappa shape index (κ2) is 4.04. The zero-order valence-corrected chi connectivity index (χ0v) is 11.7. The number of hydrogen-bond acceptors (Lipinski definition) is 2. The van der Waals surface area contributed by atoms with Gasteiger partial charge in [0.2, 0.25) is 10.0 Å². The van der Waals surface area contributed by atoms with Crippen LogP contribution < -0.4 is 4.31 Å². The number of halogens is 1. The van der Waals surface area contributed by atoms with Crippen LogP contribution in [0.5, 0.6) is 0 Å². The molecule has 3 nitrogen and oxygen atoms in total. The van der Waals surface area contributed by atoms with Crippen molar-refractivity contribution in [2.75, 3.05) is 16.6 Å². The maximum absolute atomic E-state index is 11.9. The largest absolute Gasteiger partial charge is 0.270 e. The van der Waals surface area contributed by atoms with Crippen molar-refractivity contribution in [2.45, 2.75) is 13.8 Å². The van der Waals surface area contributed by atoms with E-state index in [0.717, 1.165) is 15.7 Å². The molecule has 1 fully saturated rings. The van der Waals surface area contributed by atoms with Crippen molar-refractivity contribution in [2.24, 2.45) is 5.92 Å². The van der Waals surface area contributed by atoms with Crippen LogP contribution in [-0.2, 0) is 10.0 Å². The van der Waals surface area contributed by atoms with Gasteiger partial charge in [0.15, 0.2) is 0 Å². The Morgan fingerprint density at radius 3 is 2.69 bits per heavy atom. The first-order chi connectivity index (χ1) is 7.40. The van der Waals surface area contributed by atoms with E-state index in [1.165, 1.54) is 4.31 Å². The van der Waals surface area contributed by atoms with Gasteiger partial charge in [-0.05, 0) is 30.5 Å². The van der Waals surface area contributed by atoms with Crippen molar-refractivity contribution in [3.05, 3.63) is 28.2 Å². The van der Waals surface area contributed by atoms with Gasteiger partial charge in [-0.3, -0.25) is 4.31 Å². The SMILES string of the molecule is Cc1ccc(Br)cc1N1CC(C)CS1(=O)=O. The average Bonchev–Trinajstić information content (AvgIpc) is 2.43. The lowest BCUT2D eigenvalue weighted by molar-refractivity contribution is 0.598. The molecule has 5 heteroatoms. The molecule has 0 aliphatic carbocycles. The minimum Gasteiger partial charge on any atom is -0.270 e. The Hall–Kier alpha value is -0.550. The molecule has 1 aliphatic heterocycles. The molecule has 0 spiro atoms. The zero-order valence-electron chi connectivity index (χ0n) is 9.27. The molecule has 1 aromatic carbocycles. The van der Waals surface area contributed by atoms with Gasteiger partial charge in [-0.2, -0.15) is 0 Å². The molecule has 1 aromatic rings. The van der Waals surface area contributed by atoms with Crippen molar-refractivity contribution in [1.82, 2.24) is 0 Å². The number of rotatable bonds is 1. The molecule has 0 saturated carbocycles. The van der Waals surface area contributed by atoms with E-state index in [4.69, 9.17) is 0 Å². The number of nitrogens with zero attached hydrogens (tertiary/aromatic N) is 1. The van der Waals surface area contributed by atoms with Gasteiger partial charge >= 0.3 is 0 Å². The van der Waals surface area contributed by atoms with Gasteiger partial charge < -0.3 is 0 Å². The normalized spacial score (nSPS) is 23.7. The van der Waals surface area contributed by atoms with E-state index in [9.17, 15) is 8.42 Å². The van der Waals surface area contributed by atoms with Crippen LogP contribution in [0.3, 0.4) is 0 Å². The fourth-order valence-corrected chi connectivity index (χ4v) is 4.33. The second-order valence-electron chi connectivity index (χ2n) is 4.35. The van der Waals surface area contributed by atoms with E-state index in [0.29, 0.717) is 6.54 Å². The monoisotopic (exact) mass is 303 g/mol. The quantitative estimate of drug-likeness (QED) is 0.799. The summed E-state index contributed by atoms with van der Waals surface area (Å²) in [5.74, 6) is 0.447. The van der Waals surface area contributed by atoms with Crippen molar-refractivity contribution in [3.8, 4) is 0 Å². The van der Waals surface area contributed by atoms with Crippen molar-refractivity contribution in [3.63, 3.8) is 0 Å². The molecule has 1 aliphatic rings. The summed E-state index contributed by atoms with van der Waals surface area (Å²) < 4.78 is 26.3. The first-order valence-corrected chi connectivity index (χ1v) is 7.57. The lowest BCUT2D eigenvalue weighted by Gasteiger charge is -2.19. The van der Waals surface area contributed by atoms with Crippen LogP contribution in [-0.4, -0.2) is 20.7 Å². The molecule has 1 saturated heterocycles. The molecule has 2 rings (SSSR count).